The van der Waals surface area contributed by atoms with E-state index in [1.54, 1.807) is 38.5 Å². The lowest BCUT2D eigenvalue weighted by atomic mass is 9.97. The van der Waals surface area contributed by atoms with Crippen LogP contribution in [0.3, 0.4) is 0 Å². The third-order valence-electron chi connectivity index (χ3n) is 4.50. The number of carbonyl (C=O) groups excluding carboxylic acids is 1. The van der Waals surface area contributed by atoms with E-state index in [0.717, 1.165) is 11.1 Å². The van der Waals surface area contributed by atoms with Gasteiger partial charge in [-0.25, -0.2) is 5.01 Å². The van der Waals surface area contributed by atoms with Gasteiger partial charge in [0.15, 0.2) is 11.5 Å². The predicted molar refractivity (Wildman–Crippen MR) is 101 cm³/mol. The van der Waals surface area contributed by atoms with Crippen LogP contribution >= 0.6 is 0 Å². The van der Waals surface area contributed by atoms with E-state index >= 15 is 0 Å². The summed E-state index contributed by atoms with van der Waals surface area (Å²) in [5, 5.41) is 15.8. The number of carbonyl (C=O) groups is 1. The van der Waals surface area contributed by atoms with Crippen molar-refractivity contribution in [2.45, 2.75) is 19.4 Å². The normalized spacial score (nSPS) is 16.1. The molecule has 27 heavy (non-hydrogen) atoms. The number of benzene rings is 2. The van der Waals surface area contributed by atoms with Gasteiger partial charge in [0.25, 0.3) is 0 Å². The van der Waals surface area contributed by atoms with Crippen molar-refractivity contribution in [2.75, 3.05) is 21.3 Å². The second kappa shape index (κ2) is 7.57. The van der Waals surface area contributed by atoms with E-state index in [4.69, 9.17) is 14.2 Å². The molecule has 1 aliphatic rings. The second-order valence-electron chi connectivity index (χ2n) is 6.11. The molecule has 7 heteroatoms. The van der Waals surface area contributed by atoms with E-state index in [9.17, 15) is 9.90 Å². The molecule has 1 aliphatic heterocycles. The second-order valence-corrected chi connectivity index (χ2v) is 6.11. The van der Waals surface area contributed by atoms with Crippen molar-refractivity contribution in [3.63, 3.8) is 0 Å². The third kappa shape index (κ3) is 3.40. The lowest BCUT2D eigenvalue weighted by molar-refractivity contribution is -0.130. The largest absolute Gasteiger partial charge is 0.508 e. The molecule has 1 atom stereocenters. The van der Waals surface area contributed by atoms with Crippen LogP contribution in [0.4, 0.5) is 0 Å². The molecule has 7 nitrogen and oxygen atoms in total. The average molecular weight is 370 g/mol. The van der Waals surface area contributed by atoms with Gasteiger partial charge < -0.3 is 19.3 Å². The van der Waals surface area contributed by atoms with Gasteiger partial charge in [0, 0.05) is 18.9 Å². The molecule has 0 bridgehead atoms. The lowest BCUT2D eigenvalue weighted by Gasteiger charge is -2.20. The molecule has 2 aromatic rings. The third-order valence-corrected chi connectivity index (χ3v) is 4.50. The number of hydrazone groups is 1. The van der Waals surface area contributed by atoms with E-state index in [1.165, 1.54) is 19.0 Å². The summed E-state index contributed by atoms with van der Waals surface area (Å²) in [5.41, 5.74) is 2.23. The standard InChI is InChI=1S/C20H22N2O5/c1-12(23)22-17(13-6-5-7-14(24)10-13)11-16(21-22)15-8-9-18(25-2)20(27-4)19(15)26-3/h5-10,17,24H,11H2,1-4H3/t17-/m1/s1. The number of aromatic hydroxyl groups is 1. The fourth-order valence-electron chi connectivity index (χ4n) is 3.28. The van der Waals surface area contributed by atoms with Crippen LogP contribution in [0, 0.1) is 0 Å². The molecule has 1 heterocycles. The number of nitrogens with zero attached hydrogens (tertiary/aromatic N) is 2. The van der Waals surface area contributed by atoms with Gasteiger partial charge >= 0.3 is 0 Å². The number of phenolic OH excluding ortho intramolecular Hbond substituents is 1. The number of hydrogen-bond donors (Lipinski definition) is 1. The first-order valence-corrected chi connectivity index (χ1v) is 8.45. The van der Waals surface area contributed by atoms with Crippen LogP contribution in [0.5, 0.6) is 23.0 Å². The van der Waals surface area contributed by atoms with E-state index in [0.29, 0.717) is 29.4 Å². The maximum atomic E-state index is 12.1. The number of ether oxygens (including phenoxy) is 3. The van der Waals surface area contributed by atoms with E-state index in [-0.39, 0.29) is 17.7 Å². The molecule has 142 valence electrons. The number of rotatable bonds is 5. The van der Waals surface area contributed by atoms with Crippen molar-refractivity contribution in [3.05, 3.63) is 47.5 Å². The van der Waals surface area contributed by atoms with Gasteiger partial charge in [0.05, 0.1) is 33.1 Å². The zero-order valence-electron chi connectivity index (χ0n) is 15.7. The highest BCUT2D eigenvalue weighted by atomic mass is 16.5. The van der Waals surface area contributed by atoms with Gasteiger partial charge in [-0.15, -0.1) is 0 Å². The summed E-state index contributed by atoms with van der Waals surface area (Å²) < 4.78 is 16.3. The minimum Gasteiger partial charge on any atom is -0.508 e. The van der Waals surface area contributed by atoms with Gasteiger partial charge in [0.1, 0.15) is 5.75 Å². The van der Waals surface area contributed by atoms with Gasteiger partial charge in [-0.2, -0.15) is 5.10 Å². The molecule has 0 unspecified atom stereocenters. The molecular weight excluding hydrogens is 348 g/mol. The molecule has 0 radical (unpaired) electrons. The molecule has 1 N–H and O–H groups in total. The van der Waals surface area contributed by atoms with E-state index in [2.05, 4.69) is 5.10 Å². The van der Waals surface area contributed by atoms with E-state index in [1.807, 2.05) is 12.1 Å². The monoisotopic (exact) mass is 370 g/mol. The summed E-state index contributed by atoms with van der Waals surface area (Å²) >= 11 is 0. The quantitative estimate of drug-likeness (QED) is 0.875. The molecule has 0 aliphatic carbocycles. The minimum absolute atomic E-state index is 0.146. The highest BCUT2D eigenvalue weighted by molar-refractivity contribution is 6.06. The van der Waals surface area contributed by atoms with Crippen LogP contribution in [-0.2, 0) is 4.79 Å². The Bertz CT molecular complexity index is 894. The number of methoxy groups -OCH3 is 3. The maximum absolute atomic E-state index is 12.1. The van der Waals surface area contributed by atoms with Crippen molar-refractivity contribution in [2.24, 2.45) is 5.10 Å². The zero-order valence-corrected chi connectivity index (χ0v) is 15.7. The SMILES string of the molecule is COc1ccc(C2=NN(C(C)=O)[C@@H](c3cccc(O)c3)C2)c(OC)c1OC. The van der Waals surface area contributed by atoms with Crippen LogP contribution in [0.2, 0.25) is 0 Å². The Balaban J connectivity index is 2.05. The highest BCUT2D eigenvalue weighted by Gasteiger charge is 2.33. The first-order chi connectivity index (χ1) is 13.0. The molecule has 2 aromatic carbocycles. The van der Waals surface area contributed by atoms with Crippen molar-refractivity contribution >= 4 is 11.6 Å². The van der Waals surface area contributed by atoms with Gasteiger partial charge in [0.2, 0.25) is 11.7 Å². The Morgan fingerprint density at radius 2 is 1.85 bits per heavy atom. The smallest absolute Gasteiger partial charge is 0.240 e. The van der Waals surface area contributed by atoms with Crippen molar-refractivity contribution in [1.82, 2.24) is 5.01 Å². The summed E-state index contributed by atoms with van der Waals surface area (Å²) in [6, 6.07) is 10.2. The fourth-order valence-corrected chi connectivity index (χ4v) is 3.28. The number of amides is 1. The lowest BCUT2D eigenvalue weighted by Crippen LogP contribution is -2.24. The number of hydrogen-bond acceptors (Lipinski definition) is 6. The molecule has 0 saturated carbocycles. The van der Waals surface area contributed by atoms with Gasteiger partial charge in [-0.05, 0) is 29.8 Å². The summed E-state index contributed by atoms with van der Waals surface area (Å²) in [6.07, 6.45) is 0.481. The maximum Gasteiger partial charge on any atom is 0.240 e. The highest BCUT2D eigenvalue weighted by Crippen LogP contribution is 2.43. The molecule has 0 saturated heterocycles. The van der Waals surface area contributed by atoms with Crippen molar-refractivity contribution in [3.8, 4) is 23.0 Å². The Morgan fingerprint density at radius 1 is 1.11 bits per heavy atom. The predicted octanol–water partition coefficient (Wildman–Crippen LogP) is 3.12. The first-order valence-electron chi connectivity index (χ1n) is 8.45. The van der Waals surface area contributed by atoms with Crippen LogP contribution < -0.4 is 14.2 Å². The summed E-state index contributed by atoms with van der Waals surface area (Å²) in [6.45, 7) is 1.47. The fraction of sp³-hybridized carbons (Fsp3) is 0.300. The number of phenols is 1. The van der Waals surface area contributed by atoms with Gasteiger partial charge in [-0.1, -0.05) is 12.1 Å². The molecule has 0 fully saturated rings. The van der Waals surface area contributed by atoms with E-state index < -0.39 is 0 Å². The molecule has 1 amide bonds. The van der Waals surface area contributed by atoms with Crippen LogP contribution in [0.25, 0.3) is 0 Å². The first kappa shape index (κ1) is 18.6. The Hall–Kier alpha value is -3.22. The van der Waals surface area contributed by atoms with Crippen LogP contribution in [-0.4, -0.2) is 43.1 Å². The molecular formula is C20H22N2O5. The molecule has 3 rings (SSSR count). The zero-order chi connectivity index (χ0) is 19.6. The summed E-state index contributed by atoms with van der Waals surface area (Å²) in [5.74, 6) is 1.47. The Labute approximate surface area is 157 Å². The minimum atomic E-state index is -0.303. The summed E-state index contributed by atoms with van der Waals surface area (Å²) in [4.78, 5) is 12.1. The van der Waals surface area contributed by atoms with Crippen LogP contribution in [0.15, 0.2) is 41.5 Å². The van der Waals surface area contributed by atoms with Crippen molar-refractivity contribution in [1.29, 1.82) is 0 Å². The van der Waals surface area contributed by atoms with Gasteiger partial charge in [-0.3, -0.25) is 4.79 Å². The molecule has 0 aromatic heterocycles. The van der Waals surface area contributed by atoms with Crippen LogP contribution in [0.1, 0.15) is 30.5 Å². The average Bonchev–Trinajstić information content (AvgIpc) is 3.12. The molecule has 0 spiro atoms. The topological polar surface area (TPSA) is 80.6 Å². The Morgan fingerprint density at radius 3 is 2.44 bits per heavy atom. The Kier molecular flexibility index (Phi) is 5.21. The van der Waals surface area contributed by atoms with Crippen molar-refractivity contribution < 1.29 is 24.1 Å². The summed E-state index contributed by atoms with van der Waals surface area (Å²) in [7, 11) is 4.64.